The molecule has 1 atom stereocenters. The van der Waals surface area contributed by atoms with E-state index in [9.17, 15) is 14.7 Å². The van der Waals surface area contributed by atoms with E-state index < -0.39 is 11.4 Å². The number of hydrogen-bond acceptors (Lipinski definition) is 3. The second-order valence-corrected chi connectivity index (χ2v) is 6.39. The highest BCUT2D eigenvalue weighted by molar-refractivity contribution is 7.13. The van der Waals surface area contributed by atoms with Gasteiger partial charge in [0.05, 0.1) is 10.3 Å². The highest BCUT2D eigenvalue weighted by Gasteiger charge is 2.39. The normalized spacial score (nSPS) is 24.0. The molecule has 1 amide bonds. The smallest absolute Gasteiger partial charge is 0.311 e. The number of carbonyl (C=O) groups excluding carboxylic acids is 1. The summed E-state index contributed by atoms with van der Waals surface area (Å²) in [5, 5.41) is 9.24. The highest BCUT2D eigenvalue weighted by atomic mass is 32.1. The van der Waals surface area contributed by atoms with Crippen molar-refractivity contribution < 1.29 is 14.7 Å². The fraction of sp³-hybridized carbons (Fsp3) is 0.538. The Hall–Kier alpha value is -1.36. The molecule has 4 nitrogen and oxygen atoms in total. The number of aliphatic carboxylic acids is 1. The van der Waals surface area contributed by atoms with Gasteiger partial charge >= 0.3 is 5.97 Å². The van der Waals surface area contributed by atoms with Gasteiger partial charge in [0.25, 0.3) is 5.91 Å². The van der Waals surface area contributed by atoms with Gasteiger partial charge < -0.3 is 10.0 Å². The zero-order valence-electron chi connectivity index (χ0n) is 10.6. The largest absolute Gasteiger partial charge is 0.481 e. The number of carboxylic acid groups (broad SMARTS) is 1. The van der Waals surface area contributed by atoms with Crippen LogP contribution < -0.4 is 0 Å². The van der Waals surface area contributed by atoms with Crippen molar-refractivity contribution in [3.8, 4) is 0 Å². The van der Waals surface area contributed by atoms with E-state index >= 15 is 0 Å². The third-order valence-electron chi connectivity index (χ3n) is 3.45. The lowest BCUT2D eigenvalue weighted by atomic mass is 9.82. The molecule has 1 aromatic heterocycles. The summed E-state index contributed by atoms with van der Waals surface area (Å²) in [5.41, 5.74) is -0.805. The van der Waals surface area contributed by atoms with Crippen LogP contribution in [0.15, 0.2) is 12.1 Å². The Balaban J connectivity index is 2.14. The van der Waals surface area contributed by atoms with E-state index in [1.165, 1.54) is 11.3 Å². The zero-order valence-corrected chi connectivity index (χ0v) is 11.4. The van der Waals surface area contributed by atoms with Gasteiger partial charge in [0, 0.05) is 18.0 Å². The third-order valence-corrected chi connectivity index (χ3v) is 4.44. The van der Waals surface area contributed by atoms with Crippen LogP contribution in [0.5, 0.6) is 0 Å². The zero-order chi connectivity index (χ0) is 13.3. The molecular weight excluding hydrogens is 250 g/mol. The Morgan fingerprint density at radius 3 is 2.72 bits per heavy atom. The number of carboxylic acids is 1. The molecule has 0 bridgehead atoms. The van der Waals surface area contributed by atoms with Gasteiger partial charge in [-0.25, -0.2) is 0 Å². The highest BCUT2D eigenvalue weighted by Crippen LogP contribution is 2.31. The van der Waals surface area contributed by atoms with Crippen molar-refractivity contribution in [2.24, 2.45) is 5.41 Å². The number of piperidine rings is 1. The molecule has 0 saturated carbocycles. The maximum Gasteiger partial charge on any atom is 0.311 e. The Morgan fingerprint density at radius 2 is 2.17 bits per heavy atom. The Kier molecular flexibility index (Phi) is 3.43. The maximum atomic E-state index is 12.3. The van der Waals surface area contributed by atoms with Crippen molar-refractivity contribution in [2.45, 2.75) is 26.7 Å². The fourth-order valence-corrected chi connectivity index (χ4v) is 3.13. The van der Waals surface area contributed by atoms with Crippen LogP contribution in [0.3, 0.4) is 0 Å². The molecule has 0 spiro atoms. The lowest BCUT2D eigenvalue weighted by molar-refractivity contribution is -0.150. The van der Waals surface area contributed by atoms with Gasteiger partial charge in [-0.05, 0) is 38.8 Å². The molecule has 0 aromatic carbocycles. The summed E-state index contributed by atoms with van der Waals surface area (Å²) in [4.78, 5) is 27.0. The second-order valence-electron chi connectivity index (χ2n) is 5.11. The van der Waals surface area contributed by atoms with Gasteiger partial charge in [0.2, 0.25) is 0 Å². The van der Waals surface area contributed by atoms with Gasteiger partial charge in [0.1, 0.15) is 0 Å². The summed E-state index contributed by atoms with van der Waals surface area (Å²) >= 11 is 1.46. The molecule has 1 fully saturated rings. The first-order valence-corrected chi connectivity index (χ1v) is 6.83. The second kappa shape index (κ2) is 4.72. The Bertz CT molecular complexity index is 482. The molecule has 1 unspecified atom stereocenters. The van der Waals surface area contributed by atoms with Crippen LogP contribution in [0.4, 0.5) is 0 Å². The molecule has 18 heavy (non-hydrogen) atoms. The van der Waals surface area contributed by atoms with Crippen molar-refractivity contribution >= 4 is 23.2 Å². The minimum atomic E-state index is -0.817. The van der Waals surface area contributed by atoms with Crippen LogP contribution in [0.25, 0.3) is 0 Å². The standard InChI is InChI=1S/C13H17NO3S/c1-9-4-5-10(18-9)11(15)14-7-3-6-13(2,8-14)12(16)17/h4-5H,3,6-8H2,1-2H3,(H,16,17). The van der Waals surface area contributed by atoms with E-state index in [2.05, 4.69) is 0 Å². The first-order valence-electron chi connectivity index (χ1n) is 6.01. The molecule has 98 valence electrons. The third kappa shape index (κ3) is 2.41. The van der Waals surface area contributed by atoms with Crippen LogP contribution >= 0.6 is 11.3 Å². The number of hydrogen-bond donors (Lipinski definition) is 1. The van der Waals surface area contributed by atoms with E-state index in [4.69, 9.17) is 0 Å². The molecular formula is C13H17NO3S. The SMILES string of the molecule is Cc1ccc(C(=O)N2CCCC(C)(C(=O)O)C2)s1. The minimum Gasteiger partial charge on any atom is -0.481 e. The van der Waals surface area contributed by atoms with Crippen molar-refractivity contribution in [3.05, 3.63) is 21.9 Å². The molecule has 1 aliphatic heterocycles. The maximum absolute atomic E-state index is 12.3. The number of nitrogens with zero attached hydrogens (tertiary/aromatic N) is 1. The monoisotopic (exact) mass is 267 g/mol. The molecule has 1 N–H and O–H groups in total. The van der Waals surface area contributed by atoms with E-state index in [1.54, 1.807) is 11.8 Å². The number of aryl methyl sites for hydroxylation is 1. The minimum absolute atomic E-state index is 0.0414. The number of thiophene rings is 1. The van der Waals surface area contributed by atoms with Gasteiger partial charge in [-0.15, -0.1) is 11.3 Å². The molecule has 5 heteroatoms. The van der Waals surface area contributed by atoms with E-state index in [0.29, 0.717) is 24.4 Å². The summed E-state index contributed by atoms with van der Waals surface area (Å²) in [5.74, 6) is -0.859. The summed E-state index contributed by atoms with van der Waals surface area (Å²) in [6.07, 6.45) is 1.38. The summed E-state index contributed by atoms with van der Waals surface area (Å²) in [7, 11) is 0. The number of rotatable bonds is 2. The van der Waals surface area contributed by atoms with Crippen molar-refractivity contribution in [3.63, 3.8) is 0 Å². The summed E-state index contributed by atoms with van der Waals surface area (Å²) in [6.45, 7) is 4.63. The predicted molar refractivity (Wildman–Crippen MR) is 69.9 cm³/mol. The molecule has 1 saturated heterocycles. The molecule has 0 radical (unpaired) electrons. The lowest BCUT2D eigenvalue weighted by Crippen LogP contribution is -2.48. The fourth-order valence-electron chi connectivity index (χ4n) is 2.29. The van der Waals surface area contributed by atoms with Crippen LogP contribution in [0.2, 0.25) is 0 Å². The number of likely N-dealkylation sites (tertiary alicyclic amines) is 1. The van der Waals surface area contributed by atoms with Crippen molar-refractivity contribution in [1.29, 1.82) is 0 Å². The number of carbonyl (C=O) groups is 2. The van der Waals surface area contributed by atoms with Crippen LogP contribution in [0.1, 0.15) is 34.3 Å². The molecule has 2 heterocycles. The average Bonchev–Trinajstić information content (AvgIpc) is 2.75. The first-order chi connectivity index (χ1) is 8.42. The molecule has 1 aromatic rings. The van der Waals surface area contributed by atoms with Crippen molar-refractivity contribution in [1.82, 2.24) is 4.90 Å². The van der Waals surface area contributed by atoms with Crippen LogP contribution in [-0.2, 0) is 4.79 Å². The Morgan fingerprint density at radius 1 is 1.44 bits per heavy atom. The average molecular weight is 267 g/mol. The molecule has 1 aliphatic rings. The van der Waals surface area contributed by atoms with Crippen LogP contribution in [-0.4, -0.2) is 35.0 Å². The van der Waals surface area contributed by atoms with Gasteiger partial charge in [-0.2, -0.15) is 0 Å². The quantitative estimate of drug-likeness (QED) is 0.895. The summed E-state index contributed by atoms with van der Waals surface area (Å²) in [6, 6.07) is 3.73. The van der Waals surface area contributed by atoms with Crippen molar-refractivity contribution in [2.75, 3.05) is 13.1 Å². The van der Waals surface area contributed by atoms with Gasteiger partial charge in [0.15, 0.2) is 0 Å². The molecule has 0 aliphatic carbocycles. The van der Waals surface area contributed by atoms with E-state index in [-0.39, 0.29) is 5.91 Å². The summed E-state index contributed by atoms with van der Waals surface area (Å²) < 4.78 is 0. The lowest BCUT2D eigenvalue weighted by Gasteiger charge is -2.37. The van der Waals surface area contributed by atoms with Gasteiger partial charge in [-0.1, -0.05) is 0 Å². The molecule has 2 rings (SSSR count). The number of amides is 1. The predicted octanol–water partition coefficient (Wildman–Crippen LogP) is 2.38. The van der Waals surface area contributed by atoms with E-state index in [0.717, 1.165) is 11.3 Å². The topological polar surface area (TPSA) is 57.6 Å². The van der Waals surface area contributed by atoms with Gasteiger partial charge in [-0.3, -0.25) is 9.59 Å². The first kappa shape index (κ1) is 13.1. The Labute approximate surface area is 110 Å². The van der Waals surface area contributed by atoms with Crippen LogP contribution in [0, 0.1) is 12.3 Å². The van der Waals surface area contributed by atoms with E-state index in [1.807, 2.05) is 19.1 Å².